The fraction of sp³-hybridized carbons (Fsp3) is 0.150. The molecule has 1 heterocycles. The number of benzene rings is 2. The zero-order valence-electron chi connectivity index (χ0n) is 15.8. The van der Waals surface area contributed by atoms with Crippen LogP contribution >= 0.6 is 38.9 Å². The van der Waals surface area contributed by atoms with Gasteiger partial charge >= 0.3 is 0 Å². The van der Waals surface area contributed by atoms with Crippen molar-refractivity contribution in [1.29, 1.82) is 0 Å². The number of rotatable bonds is 8. The van der Waals surface area contributed by atoms with Gasteiger partial charge in [-0.1, -0.05) is 41.9 Å². The molecule has 10 heteroatoms. The molecule has 2 aromatic carbocycles. The summed E-state index contributed by atoms with van der Waals surface area (Å²) in [6, 6.07) is 16.0. The van der Waals surface area contributed by atoms with E-state index in [0.717, 1.165) is 16.9 Å². The summed E-state index contributed by atoms with van der Waals surface area (Å²) in [7, 11) is -2.43. The van der Waals surface area contributed by atoms with Crippen molar-refractivity contribution in [2.75, 3.05) is 12.4 Å². The van der Waals surface area contributed by atoms with E-state index >= 15 is 0 Å². The number of amides is 1. The molecule has 158 valence electrons. The van der Waals surface area contributed by atoms with Crippen LogP contribution in [-0.2, 0) is 21.2 Å². The zero-order valence-corrected chi connectivity index (χ0v) is 19.7. The fourth-order valence-corrected chi connectivity index (χ4v) is 6.12. The average molecular weight is 530 g/mol. The Kier molecular flexibility index (Phi) is 7.54. The molecule has 0 saturated heterocycles. The SMILES string of the molecule is COc1ccc(Cl)cc1NC(=O)[C@H](Cc1ccccc1)NS(=O)(=O)c1ccc(Br)s1. The second-order valence-corrected chi connectivity index (χ2v) is 11.1. The number of methoxy groups -OCH3 is 1. The summed E-state index contributed by atoms with van der Waals surface area (Å²) in [6.07, 6.45) is 0.168. The molecule has 0 aliphatic rings. The predicted octanol–water partition coefficient (Wildman–Crippen LogP) is 4.70. The maximum absolute atomic E-state index is 13.1. The van der Waals surface area contributed by atoms with E-state index in [-0.39, 0.29) is 10.6 Å². The Bertz CT molecular complexity index is 1140. The van der Waals surface area contributed by atoms with E-state index in [9.17, 15) is 13.2 Å². The van der Waals surface area contributed by atoms with Gasteiger partial charge in [-0.2, -0.15) is 4.72 Å². The van der Waals surface area contributed by atoms with Crippen LogP contribution in [0.25, 0.3) is 0 Å². The third-order valence-electron chi connectivity index (χ3n) is 4.13. The quantitative estimate of drug-likeness (QED) is 0.443. The normalized spacial score (nSPS) is 12.4. The van der Waals surface area contributed by atoms with E-state index in [0.29, 0.717) is 20.2 Å². The molecule has 0 aliphatic carbocycles. The molecule has 2 N–H and O–H groups in total. The van der Waals surface area contributed by atoms with E-state index in [2.05, 4.69) is 26.0 Å². The first-order valence-corrected chi connectivity index (χ1v) is 12.2. The Morgan fingerprint density at radius 1 is 1.17 bits per heavy atom. The number of carbonyl (C=O) groups excluding carboxylic acids is 1. The Hall–Kier alpha value is -1.91. The molecule has 0 fully saturated rings. The van der Waals surface area contributed by atoms with Crippen molar-refractivity contribution in [2.24, 2.45) is 0 Å². The Morgan fingerprint density at radius 3 is 2.53 bits per heavy atom. The highest BCUT2D eigenvalue weighted by Crippen LogP contribution is 2.29. The Balaban J connectivity index is 1.89. The third-order valence-corrected chi connectivity index (χ3v) is 7.95. The largest absolute Gasteiger partial charge is 0.495 e. The molecule has 1 aromatic heterocycles. The first kappa shape index (κ1) is 22.8. The molecule has 3 rings (SSSR count). The molecular formula is C20H18BrClN2O4S2. The summed E-state index contributed by atoms with van der Waals surface area (Å²) in [5.41, 5.74) is 1.16. The van der Waals surface area contributed by atoms with Gasteiger partial charge in [-0.25, -0.2) is 8.42 Å². The molecule has 0 aliphatic heterocycles. The Morgan fingerprint density at radius 2 is 1.90 bits per heavy atom. The van der Waals surface area contributed by atoms with Gasteiger partial charge in [-0.3, -0.25) is 4.79 Å². The molecule has 0 saturated carbocycles. The maximum atomic E-state index is 13.1. The van der Waals surface area contributed by atoms with Crippen LogP contribution in [-0.4, -0.2) is 27.5 Å². The summed E-state index contributed by atoms with van der Waals surface area (Å²) in [6.45, 7) is 0. The fourth-order valence-electron chi connectivity index (χ4n) is 2.72. The average Bonchev–Trinajstić information content (AvgIpc) is 3.16. The first-order chi connectivity index (χ1) is 14.3. The van der Waals surface area contributed by atoms with Crippen molar-refractivity contribution >= 4 is 60.5 Å². The van der Waals surface area contributed by atoms with E-state index < -0.39 is 22.0 Å². The van der Waals surface area contributed by atoms with Crippen molar-refractivity contribution in [2.45, 2.75) is 16.7 Å². The number of hydrogen-bond acceptors (Lipinski definition) is 5. The molecule has 0 radical (unpaired) electrons. The summed E-state index contributed by atoms with van der Waals surface area (Å²) < 4.78 is 34.2. The van der Waals surface area contributed by atoms with E-state index in [1.165, 1.54) is 13.2 Å². The lowest BCUT2D eigenvalue weighted by Gasteiger charge is -2.19. The van der Waals surface area contributed by atoms with Gasteiger partial charge in [0.05, 0.1) is 16.6 Å². The van der Waals surface area contributed by atoms with Gasteiger partial charge in [0.15, 0.2) is 0 Å². The molecular weight excluding hydrogens is 512 g/mol. The van der Waals surface area contributed by atoms with E-state index in [1.54, 1.807) is 24.3 Å². The molecule has 1 amide bonds. The van der Waals surface area contributed by atoms with Gasteiger partial charge in [0.1, 0.15) is 16.0 Å². The number of carbonyl (C=O) groups is 1. The van der Waals surface area contributed by atoms with Gasteiger partial charge in [0, 0.05) is 5.02 Å². The highest BCUT2D eigenvalue weighted by molar-refractivity contribution is 9.11. The first-order valence-electron chi connectivity index (χ1n) is 8.74. The van der Waals surface area contributed by atoms with Crippen molar-refractivity contribution in [3.05, 3.63) is 75.0 Å². The highest BCUT2D eigenvalue weighted by Gasteiger charge is 2.28. The molecule has 1 atom stereocenters. The standard InChI is InChI=1S/C20H18BrClN2O4S2/c1-28-17-8-7-14(22)12-15(17)23-20(25)16(11-13-5-3-2-4-6-13)24-30(26,27)19-10-9-18(21)29-19/h2-10,12,16,24H,11H2,1H3,(H,23,25)/t16-/m0/s1. The molecule has 30 heavy (non-hydrogen) atoms. The van der Waals surface area contributed by atoms with Crippen LogP contribution in [0.2, 0.25) is 5.02 Å². The molecule has 0 unspecified atom stereocenters. The number of nitrogens with one attached hydrogen (secondary N) is 2. The van der Waals surface area contributed by atoms with Gasteiger partial charge in [-0.05, 0) is 58.2 Å². The summed E-state index contributed by atoms with van der Waals surface area (Å²) in [5.74, 6) is -0.116. The van der Waals surface area contributed by atoms with Crippen molar-refractivity contribution < 1.29 is 17.9 Å². The van der Waals surface area contributed by atoms with Crippen LogP contribution in [0, 0.1) is 0 Å². The van der Waals surface area contributed by atoms with Crippen molar-refractivity contribution in [3.63, 3.8) is 0 Å². The predicted molar refractivity (Wildman–Crippen MR) is 123 cm³/mol. The number of anilines is 1. The minimum Gasteiger partial charge on any atom is -0.495 e. The topological polar surface area (TPSA) is 84.5 Å². The lowest BCUT2D eigenvalue weighted by Crippen LogP contribution is -2.45. The van der Waals surface area contributed by atoms with Crippen LogP contribution < -0.4 is 14.8 Å². The molecule has 3 aromatic rings. The van der Waals surface area contributed by atoms with E-state index in [1.807, 2.05) is 30.3 Å². The van der Waals surface area contributed by atoms with Crippen molar-refractivity contribution in [3.8, 4) is 5.75 Å². The molecule has 0 spiro atoms. The minimum absolute atomic E-state index is 0.112. The number of thiophene rings is 1. The Labute approximate surface area is 192 Å². The van der Waals surface area contributed by atoms with Gasteiger partial charge < -0.3 is 10.1 Å². The van der Waals surface area contributed by atoms with Crippen LogP contribution in [0.1, 0.15) is 5.56 Å². The summed E-state index contributed by atoms with van der Waals surface area (Å²) in [4.78, 5) is 13.1. The molecule has 0 bridgehead atoms. The smallest absolute Gasteiger partial charge is 0.250 e. The minimum atomic E-state index is -3.90. The molecule has 6 nitrogen and oxygen atoms in total. The highest BCUT2D eigenvalue weighted by atomic mass is 79.9. The van der Waals surface area contributed by atoms with Crippen LogP contribution in [0.3, 0.4) is 0 Å². The maximum Gasteiger partial charge on any atom is 0.250 e. The van der Waals surface area contributed by atoms with Gasteiger partial charge in [0.2, 0.25) is 5.91 Å². The number of sulfonamides is 1. The van der Waals surface area contributed by atoms with E-state index in [4.69, 9.17) is 16.3 Å². The van der Waals surface area contributed by atoms with Gasteiger partial charge in [0.25, 0.3) is 10.0 Å². The number of halogens is 2. The summed E-state index contributed by atoms with van der Waals surface area (Å²) in [5, 5.41) is 3.13. The van der Waals surface area contributed by atoms with Crippen molar-refractivity contribution in [1.82, 2.24) is 4.72 Å². The summed E-state index contributed by atoms with van der Waals surface area (Å²) >= 11 is 10.4. The monoisotopic (exact) mass is 528 g/mol. The second kappa shape index (κ2) is 9.93. The van der Waals surface area contributed by atoms with Crippen LogP contribution in [0.15, 0.2) is 68.7 Å². The zero-order chi connectivity index (χ0) is 21.7. The lowest BCUT2D eigenvalue weighted by atomic mass is 10.1. The number of ether oxygens (including phenoxy) is 1. The van der Waals surface area contributed by atoms with Gasteiger partial charge in [-0.15, -0.1) is 11.3 Å². The third kappa shape index (κ3) is 5.83. The van der Waals surface area contributed by atoms with Crippen LogP contribution in [0.4, 0.5) is 5.69 Å². The lowest BCUT2D eigenvalue weighted by molar-refractivity contribution is -0.117. The second-order valence-electron chi connectivity index (χ2n) is 6.26. The van der Waals surface area contributed by atoms with Crippen LogP contribution in [0.5, 0.6) is 5.75 Å². The number of hydrogen-bond donors (Lipinski definition) is 2.